The third kappa shape index (κ3) is 4.90. The molecule has 2 amide bonds. The number of thioether (sulfide) groups is 2. The molecule has 25 heavy (non-hydrogen) atoms. The van der Waals surface area contributed by atoms with Crippen LogP contribution in [0.1, 0.15) is 23.2 Å². The Morgan fingerprint density at radius 3 is 2.40 bits per heavy atom. The van der Waals surface area contributed by atoms with Gasteiger partial charge in [-0.25, -0.2) is 0 Å². The van der Waals surface area contributed by atoms with Crippen LogP contribution >= 0.6 is 34.9 Å². The van der Waals surface area contributed by atoms with Crippen LogP contribution in [0.5, 0.6) is 0 Å². The number of nitrogens with zero attached hydrogens (tertiary/aromatic N) is 3. The Labute approximate surface area is 157 Å². The summed E-state index contributed by atoms with van der Waals surface area (Å²) in [5, 5.41) is 8.07. The van der Waals surface area contributed by atoms with Crippen molar-refractivity contribution in [3.05, 3.63) is 35.9 Å². The number of aromatic nitrogens is 2. The topological polar surface area (TPSA) is 80.2 Å². The molecule has 1 fully saturated rings. The highest BCUT2D eigenvalue weighted by atomic mass is 32.2. The fraction of sp³-hybridized carbons (Fsp3) is 0.312. The van der Waals surface area contributed by atoms with Crippen LogP contribution in [0.4, 0.5) is 0 Å². The molecule has 1 aromatic heterocycles. The fourth-order valence-electron chi connectivity index (χ4n) is 2.26. The first-order valence-corrected chi connectivity index (χ1v) is 10.4. The van der Waals surface area contributed by atoms with E-state index in [-0.39, 0.29) is 23.4 Å². The number of rotatable bonds is 7. The Bertz CT molecular complexity index is 779. The normalized spacial score (nSPS) is 14.1. The van der Waals surface area contributed by atoms with Gasteiger partial charge in [-0.1, -0.05) is 65.2 Å². The maximum Gasteiger partial charge on any atom is 0.239 e. The van der Waals surface area contributed by atoms with Gasteiger partial charge < -0.3 is 0 Å². The Morgan fingerprint density at radius 2 is 1.76 bits per heavy atom. The van der Waals surface area contributed by atoms with Gasteiger partial charge in [-0.3, -0.25) is 19.3 Å². The Balaban J connectivity index is 1.47. The van der Waals surface area contributed by atoms with Gasteiger partial charge in [0.15, 0.2) is 14.5 Å². The molecule has 130 valence electrons. The van der Waals surface area contributed by atoms with Crippen LogP contribution in [0, 0.1) is 0 Å². The van der Waals surface area contributed by atoms with Gasteiger partial charge >= 0.3 is 0 Å². The summed E-state index contributed by atoms with van der Waals surface area (Å²) in [5.74, 6) is 0.228. The second-order valence-electron chi connectivity index (χ2n) is 5.24. The highest BCUT2D eigenvalue weighted by Gasteiger charge is 2.26. The van der Waals surface area contributed by atoms with Crippen molar-refractivity contribution in [1.29, 1.82) is 0 Å². The van der Waals surface area contributed by atoms with Crippen LogP contribution in [0.2, 0.25) is 0 Å². The second kappa shape index (κ2) is 8.59. The molecule has 1 aromatic carbocycles. The zero-order valence-corrected chi connectivity index (χ0v) is 15.7. The first kappa shape index (κ1) is 18.1. The molecule has 0 spiro atoms. The van der Waals surface area contributed by atoms with Gasteiger partial charge in [0.05, 0.1) is 11.5 Å². The van der Waals surface area contributed by atoms with Gasteiger partial charge in [0.1, 0.15) is 0 Å². The molecule has 2 aromatic rings. The maximum atomic E-state index is 12.1. The van der Waals surface area contributed by atoms with Gasteiger partial charge in [0.25, 0.3) is 0 Å². The number of amides is 2. The van der Waals surface area contributed by atoms with Crippen molar-refractivity contribution in [1.82, 2.24) is 15.1 Å². The van der Waals surface area contributed by atoms with Crippen molar-refractivity contribution in [3.63, 3.8) is 0 Å². The quantitative estimate of drug-likeness (QED) is 0.528. The van der Waals surface area contributed by atoms with Crippen molar-refractivity contribution in [2.24, 2.45) is 0 Å². The lowest BCUT2D eigenvalue weighted by Gasteiger charge is -2.11. The van der Waals surface area contributed by atoms with Crippen LogP contribution in [0.3, 0.4) is 0 Å². The molecule has 0 aliphatic carbocycles. The molecule has 1 aliphatic heterocycles. The molecule has 1 saturated heterocycles. The minimum atomic E-state index is -0.184. The van der Waals surface area contributed by atoms with E-state index < -0.39 is 0 Å². The third-order valence-electron chi connectivity index (χ3n) is 3.50. The van der Waals surface area contributed by atoms with E-state index in [0.29, 0.717) is 33.0 Å². The van der Waals surface area contributed by atoms with E-state index in [4.69, 9.17) is 0 Å². The number of Topliss-reactive ketones (excluding diaryl/α,β-unsaturated/α-hetero) is 1. The lowest BCUT2D eigenvalue weighted by atomic mass is 10.2. The molecule has 2 heterocycles. The van der Waals surface area contributed by atoms with Crippen molar-refractivity contribution in [3.8, 4) is 0 Å². The summed E-state index contributed by atoms with van der Waals surface area (Å²) >= 11 is 3.96. The molecule has 6 nitrogen and oxygen atoms in total. The molecule has 0 N–H and O–H groups in total. The van der Waals surface area contributed by atoms with Gasteiger partial charge in [0.2, 0.25) is 11.8 Å². The van der Waals surface area contributed by atoms with E-state index in [1.165, 1.54) is 39.8 Å². The zero-order chi connectivity index (χ0) is 17.6. The van der Waals surface area contributed by atoms with E-state index in [9.17, 15) is 14.4 Å². The Kier molecular flexibility index (Phi) is 6.22. The zero-order valence-electron chi connectivity index (χ0n) is 13.2. The van der Waals surface area contributed by atoms with Gasteiger partial charge in [0, 0.05) is 18.5 Å². The van der Waals surface area contributed by atoms with Crippen LogP contribution < -0.4 is 0 Å². The second-order valence-corrected chi connectivity index (χ2v) is 8.67. The van der Waals surface area contributed by atoms with Crippen molar-refractivity contribution >= 4 is 52.5 Å². The molecular formula is C16H15N3O3S3. The predicted molar refractivity (Wildman–Crippen MR) is 98.1 cm³/mol. The summed E-state index contributed by atoms with van der Waals surface area (Å²) in [4.78, 5) is 36.9. The number of hydrogen-bond donors (Lipinski definition) is 0. The smallest absolute Gasteiger partial charge is 0.239 e. The number of hydrogen-bond acceptors (Lipinski definition) is 8. The van der Waals surface area contributed by atoms with Crippen molar-refractivity contribution in [2.75, 3.05) is 18.1 Å². The number of ketones is 1. The highest BCUT2D eigenvalue weighted by Crippen LogP contribution is 2.29. The molecule has 0 radical (unpaired) electrons. The molecule has 9 heteroatoms. The van der Waals surface area contributed by atoms with Crippen molar-refractivity contribution in [2.45, 2.75) is 21.5 Å². The number of carbonyl (C=O) groups is 3. The summed E-state index contributed by atoms with van der Waals surface area (Å²) in [5.41, 5.74) is 0.676. The molecule has 0 bridgehead atoms. The first-order chi connectivity index (χ1) is 12.1. The van der Waals surface area contributed by atoms with Crippen LogP contribution in [-0.4, -0.2) is 50.7 Å². The summed E-state index contributed by atoms with van der Waals surface area (Å²) in [6.07, 6.45) is 1.19. The number of likely N-dealkylation sites (tertiary alicyclic amines) is 1. The Morgan fingerprint density at radius 1 is 1.08 bits per heavy atom. The Hall–Kier alpha value is -1.71. The fourth-order valence-corrected chi connectivity index (χ4v) is 5.05. The van der Waals surface area contributed by atoms with Gasteiger partial charge in [-0.05, 0) is 6.42 Å². The minimum Gasteiger partial charge on any atom is -0.293 e. The SMILES string of the molecule is O=C(CSc1nnc(SCC(=O)N2CCCC2=O)s1)c1ccccc1. The average Bonchev–Trinajstić information content (AvgIpc) is 3.27. The number of benzene rings is 1. The van der Waals surface area contributed by atoms with E-state index >= 15 is 0 Å². The lowest BCUT2D eigenvalue weighted by Crippen LogP contribution is -2.33. The minimum absolute atomic E-state index is 0.0396. The van der Waals surface area contributed by atoms with E-state index in [0.717, 1.165) is 6.42 Å². The van der Waals surface area contributed by atoms with Crippen LogP contribution in [0.25, 0.3) is 0 Å². The van der Waals surface area contributed by atoms with Crippen LogP contribution in [0.15, 0.2) is 39.0 Å². The molecule has 1 aliphatic rings. The summed E-state index contributed by atoms with van der Waals surface area (Å²) in [6.45, 7) is 0.511. The molecule has 0 saturated carbocycles. The van der Waals surface area contributed by atoms with Gasteiger partial charge in [-0.15, -0.1) is 10.2 Å². The molecule has 0 atom stereocenters. The van der Waals surface area contributed by atoms with E-state index in [2.05, 4.69) is 10.2 Å². The van der Waals surface area contributed by atoms with E-state index in [1.54, 1.807) is 12.1 Å². The standard InChI is InChI=1S/C16H15N3O3S3/c20-12(11-5-2-1-3-6-11)9-23-15-17-18-16(25-15)24-10-14(22)19-8-4-7-13(19)21/h1-3,5-6H,4,7-10H2. The van der Waals surface area contributed by atoms with E-state index in [1.807, 2.05) is 18.2 Å². The largest absolute Gasteiger partial charge is 0.293 e. The third-order valence-corrected chi connectivity index (χ3v) is 6.68. The predicted octanol–water partition coefficient (Wildman–Crippen LogP) is 2.75. The molecule has 3 rings (SSSR count). The lowest BCUT2D eigenvalue weighted by molar-refractivity contribution is -0.140. The summed E-state index contributed by atoms with van der Waals surface area (Å²) < 4.78 is 1.35. The molecule has 0 unspecified atom stereocenters. The van der Waals surface area contributed by atoms with Gasteiger partial charge in [-0.2, -0.15) is 0 Å². The highest BCUT2D eigenvalue weighted by molar-refractivity contribution is 8.03. The maximum absolute atomic E-state index is 12.1. The number of carbonyl (C=O) groups excluding carboxylic acids is 3. The average molecular weight is 394 g/mol. The first-order valence-electron chi connectivity index (χ1n) is 7.64. The number of imide groups is 1. The van der Waals surface area contributed by atoms with Crippen molar-refractivity contribution < 1.29 is 14.4 Å². The summed E-state index contributed by atoms with van der Waals surface area (Å²) in [6, 6.07) is 9.11. The molecular weight excluding hydrogens is 378 g/mol. The summed E-state index contributed by atoms with van der Waals surface area (Å²) in [7, 11) is 0. The van der Waals surface area contributed by atoms with Crippen LogP contribution in [-0.2, 0) is 9.59 Å². The monoisotopic (exact) mass is 393 g/mol.